The van der Waals surface area contributed by atoms with Crippen molar-refractivity contribution in [3.63, 3.8) is 0 Å². The Hall–Kier alpha value is -4.66. The number of nitriles is 1. The molecular weight excluding hydrogens is 491 g/mol. The molecule has 1 aliphatic heterocycles. The number of ether oxygens (including phenoxy) is 3. The van der Waals surface area contributed by atoms with Crippen LogP contribution in [0.1, 0.15) is 35.2 Å². The van der Waals surface area contributed by atoms with Gasteiger partial charge in [-0.3, -0.25) is 9.89 Å². The molecule has 9 nitrogen and oxygen atoms in total. The Morgan fingerprint density at radius 3 is 2.73 bits per heavy atom. The lowest BCUT2D eigenvalue weighted by molar-refractivity contribution is -0.137. The molecule has 1 amide bonds. The summed E-state index contributed by atoms with van der Waals surface area (Å²) < 4.78 is 55.6. The monoisotopic (exact) mass is 513 g/mol. The van der Waals surface area contributed by atoms with Crippen LogP contribution in [0.25, 0.3) is 0 Å². The van der Waals surface area contributed by atoms with Gasteiger partial charge in [0, 0.05) is 16.9 Å². The van der Waals surface area contributed by atoms with Gasteiger partial charge in [-0.15, -0.1) is 5.10 Å². The zero-order chi connectivity index (χ0) is 26.7. The molecule has 37 heavy (non-hydrogen) atoms. The van der Waals surface area contributed by atoms with Crippen LogP contribution in [0.3, 0.4) is 0 Å². The first kappa shape index (κ1) is 25.4. The van der Waals surface area contributed by atoms with E-state index < -0.39 is 30.2 Å². The number of amides is 1. The van der Waals surface area contributed by atoms with E-state index in [4.69, 9.17) is 19.9 Å². The van der Waals surface area contributed by atoms with Crippen LogP contribution >= 0.6 is 0 Å². The van der Waals surface area contributed by atoms with Gasteiger partial charge in [-0.25, -0.2) is 0 Å². The second-order valence-corrected chi connectivity index (χ2v) is 8.05. The van der Waals surface area contributed by atoms with Crippen molar-refractivity contribution in [2.45, 2.75) is 25.9 Å². The molecule has 2 aromatic carbocycles. The number of nitrogens with zero attached hydrogens (tertiary/aromatic N) is 2. The van der Waals surface area contributed by atoms with E-state index in [-0.39, 0.29) is 35.4 Å². The van der Waals surface area contributed by atoms with E-state index >= 15 is 0 Å². The highest BCUT2D eigenvalue weighted by Gasteiger charge is 2.35. The van der Waals surface area contributed by atoms with Gasteiger partial charge in [-0.05, 0) is 49.7 Å². The highest BCUT2D eigenvalue weighted by Crippen LogP contribution is 2.44. The molecule has 4 rings (SSSR count). The average Bonchev–Trinajstić information content (AvgIpc) is 3.22. The number of aromatic nitrogens is 2. The largest absolute Gasteiger partial charge is 0.490 e. The highest BCUT2D eigenvalue weighted by atomic mass is 19.4. The Kier molecular flexibility index (Phi) is 6.97. The van der Waals surface area contributed by atoms with Crippen molar-refractivity contribution < 1.29 is 32.2 Å². The molecule has 1 aliphatic rings. The normalized spacial score (nSPS) is 14.9. The summed E-state index contributed by atoms with van der Waals surface area (Å²) in [6.07, 6.45) is -4.53. The van der Waals surface area contributed by atoms with Gasteiger partial charge in [0.2, 0.25) is 11.8 Å². The molecule has 192 valence electrons. The molecule has 2 heterocycles. The number of alkyl halides is 3. The van der Waals surface area contributed by atoms with Crippen LogP contribution < -0.4 is 25.3 Å². The number of carbonyl (C=O) groups is 1. The summed E-state index contributed by atoms with van der Waals surface area (Å²) in [5, 5.41) is 19.1. The van der Waals surface area contributed by atoms with Crippen LogP contribution in [0.2, 0.25) is 0 Å². The van der Waals surface area contributed by atoms with Crippen LogP contribution in [0.4, 0.5) is 18.9 Å². The number of nitrogens with two attached hydrogens (primary N) is 1. The van der Waals surface area contributed by atoms with E-state index in [2.05, 4.69) is 21.6 Å². The van der Waals surface area contributed by atoms with Gasteiger partial charge < -0.3 is 25.3 Å². The van der Waals surface area contributed by atoms with E-state index in [0.717, 1.165) is 12.1 Å². The number of hydrogen-bond acceptors (Lipinski definition) is 7. The van der Waals surface area contributed by atoms with Crippen LogP contribution in [0.15, 0.2) is 53.9 Å². The maximum Gasteiger partial charge on any atom is 0.416 e. The first-order valence-electron chi connectivity index (χ1n) is 11.1. The number of benzene rings is 2. The molecule has 0 saturated heterocycles. The van der Waals surface area contributed by atoms with Gasteiger partial charge in [-0.2, -0.15) is 18.4 Å². The number of nitrogens with one attached hydrogen (secondary N) is 2. The van der Waals surface area contributed by atoms with Crippen molar-refractivity contribution >= 4 is 11.6 Å². The second kappa shape index (κ2) is 10.1. The van der Waals surface area contributed by atoms with Gasteiger partial charge in [0.1, 0.15) is 11.6 Å². The van der Waals surface area contributed by atoms with Crippen molar-refractivity contribution in [2.24, 2.45) is 5.73 Å². The minimum absolute atomic E-state index is 0.0111. The SMILES string of the molecule is CCOc1cc(C2C(C#N)=C(N)Oc3n[nH]c(C)c32)ccc1OCC(=O)Nc1cccc(C(F)(F)F)c1. The van der Waals surface area contributed by atoms with Crippen LogP contribution in [-0.2, 0) is 11.0 Å². The third kappa shape index (κ3) is 5.30. The predicted molar refractivity (Wildman–Crippen MR) is 126 cm³/mol. The number of aryl methyl sites for hydroxylation is 1. The van der Waals surface area contributed by atoms with E-state index in [1.54, 1.807) is 32.0 Å². The minimum atomic E-state index is -4.53. The smallest absolute Gasteiger partial charge is 0.416 e. The fraction of sp³-hybridized carbons (Fsp3) is 0.240. The number of fused-ring (bicyclic) bond motifs is 1. The third-order valence-electron chi connectivity index (χ3n) is 5.56. The lowest BCUT2D eigenvalue weighted by Crippen LogP contribution is -2.21. The molecule has 12 heteroatoms. The topological polar surface area (TPSA) is 135 Å². The summed E-state index contributed by atoms with van der Waals surface area (Å²) >= 11 is 0. The Labute approximate surface area is 209 Å². The first-order valence-corrected chi connectivity index (χ1v) is 11.1. The van der Waals surface area contributed by atoms with Crippen LogP contribution in [0, 0.1) is 18.3 Å². The number of aromatic amines is 1. The average molecular weight is 513 g/mol. The predicted octanol–water partition coefficient (Wildman–Crippen LogP) is 4.37. The standard InChI is InChI=1S/C25H22F3N5O4/c1-3-35-19-9-14(22-17(11-29)23(30)37-24-21(22)13(2)32-33-24)7-8-18(19)36-12-20(34)31-16-6-4-5-15(10-16)25(26,27)28/h4-10,22H,3,12,30H2,1-2H3,(H,31,34)(H,32,33). The number of allylic oxidation sites excluding steroid dienone is 1. The van der Waals surface area contributed by atoms with Gasteiger partial charge in [0.05, 0.1) is 18.1 Å². The molecule has 1 aromatic heterocycles. The molecule has 0 fully saturated rings. The Morgan fingerprint density at radius 2 is 2.03 bits per heavy atom. The molecule has 0 spiro atoms. The summed E-state index contributed by atoms with van der Waals surface area (Å²) in [4.78, 5) is 12.4. The molecule has 4 N–H and O–H groups in total. The molecule has 1 atom stereocenters. The van der Waals surface area contributed by atoms with E-state index in [1.807, 2.05) is 0 Å². The van der Waals surface area contributed by atoms with Gasteiger partial charge in [0.15, 0.2) is 18.1 Å². The molecule has 3 aromatic rings. The van der Waals surface area contributed by atoms with Crippen molar-refractivity contribution in [2.75, 3.05) is 18.5 Å². The first-order chi connectivity index (χ1) is 17.6. The number of halogens is 3. The summed E-state index contributed by atoms with van der Waals surface area (Å²) in [7, 11) is 0. The fourth-order valence-electron chi connectivity index (χ4n) is 3.94. The third-order valence-corrected chi connectivity index (χ3v) is 5.56. The van der Waals surface area contributed by atoms with E-state index in [1.165, 1.54) is 12.1 Å². The number of anilines is 1. The van der Waals surface area contributed by atoms with Crippen molar-refractivity contribution in [1.29, 1.82) is 5.26 Å². The minimum Gasteiger partial charge on any atom is -0.490 e. The number of H-pyrrole nitrogens is 1. The quantitative estimate of drug-likeness (QED) is 0.427. The fourth-order valence-corrected chi connectivity index (χ4v) is 3.94. The summed E-state index contributed by atoms with van der Waals surface area (Å²) in [6.45, 7) is 3.36. The summed E-state index contributed by atoms with van der Waals surface area (Å²) in [5.74, 6) is -0.491. The molecule has 0 radical (unpaired) electrons. The molecular formula is C25H22F3N5O4. The van der Waals surface area contributed by atoms with E-state index in [9.17, 15) is 23.2 Å². The lowest BCUT2D eigenvalue weighted by Gasteiger charge is -2.24. The highest BCUT2D eigenvalue weighted by molar-refractivity contribution is 5.92. The lowest BCUT2D eigenvalue weighted by atomic mass is 9.84. The van der Waals surface area contributed by atoms with Gasteiger partial charge >= 0.3 is 6.18 Å². The van der Waals surface area contributed by atoms with Crippen molar-refractivity contribution in [1.82, 2.24) is 10.2 Å². The Bertz CT molecular complexity index is 1410. The second-order valence-electron chi connectivity index (χ2n) is 8.05. The number of carbonyl (C=O) groups excluding carboxylic acids is 1. The van der Waals surface area contributed by atoms with Crippen LogP contribution in [-0.4, -0.2) is 29.3 Å². The zero-order valence-electron chi connectivity index (χ0n) is 19.8. The number of rotatable bonds is 7. The molecule has 0 saturated carbocycles. The Morgan fingerprint density at radius 1 is 1.24 bits per heavy atom. The maximum absolute atomic E-state index is 12.9. The molecule has 0 bridgehead atoms. The van der Waals surface area contributed by atoms with Crippen LogP contribution in [0.5, 0.6) is 17.4 Å². The summed E-state index contributed by atoms with van der Waals surface area (Å²) in [6, 6.07) is 11.3. The van der Waals surface area contributed by atoms with Crippen molar-refractivity contribution in [3.8, 4) is 23.4 Å². The summed E-state index contributed by atoms with van der Waals surface area (Å²) in [5.41, 5.74) is 7.28. The molecule has 0 aliphatic carbocycles. The Balaban J connectivity index is 1.55. The number of hydrogen-bond donors (Lipinski definition) is 3. The van der Waals surface area contributed by atoms with Gasteiger partial charge in [0.25, 0.3) is 5.91 Å². The van der Waals surface area contributed by atoms with E-state index in [0.29, 0.717) is 22.6 Å². The zero-order valence-corrected chi connectivity index (χ0v) is 19.8. The molecule has 1 unspecified atom stereocenters. The maximum atomic E-state index is 12.9. The van der Waals surface area contributed by atoms with Crippen molar-refractivity contribution in [3.05, 3.63) is 76.3 Å². The van der Waals surface area contributed by atoms with Gasteiger partial charge in [-0.1, -0.05) is 12.1 Å².